The van der Waals surface area contributed by atoms with E-state index < -0.39 is 11.9 Å². The Hall–Kier alpha value is -2.33. The second-order valence-electron chi connectivity index (χ2n) is 3.85. The van der Waals surface area contributed by atoms with Crippen LogP contribution in [0.25, 0.3) is 11.1 Å². The maximum Gasteiger partial charge on any atom is 0.337 e. The number of carbonyl (C=O) groups is 2. The summed E-state index contributed by atoms with van der Waals surface area (Å²) < 4.78 is 0. The van der Waals surface area contributed by atoms with Gasteiger partial charge in [0.2, 0.25) is 0 Å². The van der Waals surface area contributed by atoms with Gasteiger partial charge in [-0.05, 0) is 29.3 Å². The van der Waals surface area contributed by atoms with Gasteiger partial charge in [-0.25, -0.2) is 9.59 Å². The minimum absolute atomic E-state index is 0.00671. The maximum absolute atomic E-state index is 11.2. The van der Waals surface area contributed by atoms with Crippen molar-refractivity contribution in [2.24, 2.45) is 0 Å². The molecule has 96 valence electrons. The van der Waals surface area contributed by atoms with Gasteiger partial charge in [0.1, 0.15) is 0 Å². The minimum Gasteiger partial charge on any atom is -0.478 e. The van der Waals surface area contributed by atoms with E-state index in [1.165, 1.54) is 18.2 Å². The normalized spacial score (nSPS) is 10.2. The Bertz CT molecular complexity index is 647. The van der Waals surface area contributed by atoms with E-state index in [0.717, 1.165) is 0 Å². The summed E-state index contributed by atoms with van der Waals surface area (Å²) in [5.74, 6) is -2.15. The first-order valence-electron chi connectivity index (χ1n) is 5.36. The van der Waals surface area contributed by atoms with Crippen molar-refractivity contribution in [3.63, 3.8) is 0 Å². The van der Waals surface area contributed by atoms with Gasteiger partial charge in [0.15, 0.2) is 0 Å². The Morgan fingerprint density at radius 1 is 0.895 bits per heavy atom. The number of carboxylic acids is 2. The second-order valence-corrected chi connectivity index (χ2v) is 4.26. The van der Waals surface area contributed by atoms with E-state index in [9.17, 15) is 14.7 Å². The van der Waals surface area contributed by atoms with Crippen LogP contribution in [0, 0.1) is 0 Å². The molecule has 5 heteroatoms. The lowest BCUT2D eigenvalue weighted by Crippen LogP contribution is -2.01. The van der Waals surface area contributed by atoms with Crippen LogP contribution in [-0.2, 0) is 0 Å². The Kier molecular flexibility index (Phi) is 3.53. The summed E-state index contributed by atoms with van der Waals surface area (Å²) in [5.41, 5.74) is 1.21. The molecule has 0 saturated carbocycles. The number of carboxylic acid groups (broad SMARTS) is 2. The summed E-state index contributed by atoms with van der Waals surface area (Å²) in [4.78, 5) is 22.0. The molecule has 0 aliphatic carbocycles. The van der Waals surface area contributed by atoms with E-state index in [2.05, 4.69) is 0 Å². The SMILES string of the molecule is O=C(O)c1ccc(-c2cccc(Cl)c2C(=O)O)cc1. The van der Waals surface area contributed by atoms with Gasteiger partial charge < -0.3 is 10.2 Å². The third-order valence-corrected chi connectivity index (χ3v) is 2.99. The van der Waals surface area contributed by atoms with Gasteiger partial charge >= 0.3 is 11.9 Å². The highest BCUT2D eigenvalue weighted by Gasteiger charge is 2.15. The average molecular weight is 277 g/mol. The highest BCUT2D eigenvalue weighted by atomic mass is 35.5. The molecule has 0 spiro atoms. The van der Waals surface area contributed by atoms with E-state index >= 15 is 0 Å². The smallest absolute Gasteiger partial charge is 0.337 e. The van der Waals surface area contributed by atoms with Gasteiger partial charge in [-0.2, -0.15) is 0 Å². The van der Waals surface area contributed by atoms with E-state index in [4.69, 9.17) is 16.7 Å². The predicted molar refractivity (Wildman–Crippen MR) is 70.8 cm³/mol. The number of hydrogen-bond acceptors (Lipinski definition) is 2. The molecule has 0 aliphatic heterocycles. The van der Waals surface area contributed by atoms with Crippen molar-refractivity contribution in [2.45, 2.75) is 0 Å². The van der Waals surface area contributed by atoms with Gasteiger partial charge in [-0.1, -0.05) is 35.9 Å². The molecule has 0 aliphatic rings. The molecule has 0 amide bonds. The number of halogens is 1. The summed E-state index contributed by atoms with van der Waals surface area (Å²) >= 11 is 5.88. The first kappa shape index (κ1) is 13.1. The maximum atomic E-state index is 11.2. The molecule has 0 atom stereocenters. The van der Waals surface area contributed by atoms with E-state index in [1.54, 1.807) is 24.3 Å². The standard InChI is InChI=1S/C14H9ClO4/c15-11-3-1-2-10(12(11)14(18)19)8-4-6-9(7-5-8)13(16)17/h1-7H,(H,16,17)(H,18,19). The Morgan fingerprint density at radius 2 is 1.53 bits per heavy atom. The molecule has 2 N–H and O–H groups in total. The highest BCUT2D eigenvalue weighted by molar-refractivity contribution is 6.34. The van der Waals surface area contributed by atoms with Crippen LogP contribution < -0.4 is 0 Å². The average Bonchev–Trinajstić information content (AvgIpc) is 2.38. The van der Waals surface area contributed by atoms with Gasteiger partial charge in [-0.3, -0.25) is 0 Å². The summed E-state index contributed by atoms with van der Waals surface area (Å²) in [6.45, 7) is 0. The predicted octanol–water partition coefficient (Wildman–Crippen LogP) is 3.40. The number of hydrogen-bond donors (Lipinski definition) is 2. The molecule has 0 fully saturated rings. The lowest BCUT2D eigenvalue weighted by Gasteiger charge is -2.08. The fourth-order valence-corrected chi connectivity index (χ4v) is 2.03. The molecule has 0 unspecified atom stereocenters. The zero-order valence-electron chi connectivity index (χ0n) is 9.63. The third kappa shape index (κ3) is 2.58. The van der Waals surface area contributed by atoms with Gasteiger partial charge in [0.05, 0.1) is 16.1 Å². The molecule has 0 saturated heterocycles. The molecule has 4 nitrogen and oxygen atoms in total. The molecule has 2 rings (SSSR count). The van der Waals surface area contributed by atoms with Crippen molar-refractivity contribution < 1.29 is 19.8 Å². The molecule has 19 heavy (non-hydrogen) atoms. The lowest BCUT2D eigenvalue weighted by atomic mass is 9.98. The molecule has 0 heterocycles. The van der Waals surface area contributed by atoms with Crippen LogP contribution in [0.5, 0.6) is 0 Å². The van der Waals surface area contributed by atoms with Crippen LogP contribution in [0.3, 0.4) is 0 Å². The summed E-state index contributed by atoms with van der Waals surface area (Å²) in [5, 5.41) is 18.1. The number of rotatable bonds is 3. The van der Waals surface area contributed by atoms with Crippen molar-refractivity contribution in [3.05, 3.63) is 58.6 Å². The Morgan fingerprint density at radius 3 is 2.05 bits per heavy atom. The second kappa shape index (κ2) is 5.12. The lowest BCUT2D eigenvalue weighted by molar-refractivity contribution is 0.0686. The van der Waals surface area contributed by atoms with E-state index in [1.807, 2.05) is 0 Å². The molecule has 0 bridgehead atoms. The first-order chi connectivity index (χ1) is 9.00. The van der Waals surface area contributed by atoms with Crippen molar-refractivity contribution >= 4 is 23.5 Å². The van der Waals surface area contributed by atoms with Crippen LogP contribution in [-0.4, -0.2) is 22.2 Å². The summed E-state index contributed by atoms with van der Waals surface area (Å²) in [6.07, 6.45) is 0. The molecule has 2 aromatic carbocycles. The van der Waals surface area contributed by atoms with Crippen LogP contribution in [0.2, 0.25) is 5.02 Å². The minimum atomic E-state index is -1.12. The topological polar surface area (TPSA) is 74.6 Å². The highest BCUT2D eigenvalue weighted by Crippen LogP contribution is 2.29. The summed E-state index contributed by atoms with van der Waals surface area (Å²) in [7, 11) is 0. The third-order valence-electron chi connectivity index (χ3n) is 2.67. The Balaban J connectivity index is 2.56. The van der Waals surface area contributed by atoms with Crippen molar-refractivity contribution in [2.75, 3.05) is 0 Å². The van der Waals surface area contributed by atoms with Gasteiger partial charge in [-0.15, -0.1) is 0 Å². The van der Waals surface area contributed by atoms with Crippen molar-refractivity contribution in [1.82, 2.24) is 0 Å². The molecular weight excluding hydrogens is 268 g/mol. The largest absolute Gasteiger partial charge is 0.478 e. The molecular formula is C14H9ClO4. The fourth-order valence-electron chi connectivity index (χ4n) is 1.77. The van der Waals surface area contributed by atoms with E-state index in [-0.39, 0.29) is 16.1 Å². The number of aromatic carboxylic acids is 2. The van der Waals surface area contributed by atoms with E-state index in [0.29, 0.717) is 11.1 Å². The van der Waals surface area contributed by atoms with Crippen molar-refractivity contribution in [3.8, 4) is 11.1 Å². The molecule has 0 aromatic heterocycles. The zero-order valence-corrected chi connectivity index (χ0v) is 10.4. The quantitative estimate of drug-likeness (QED) is 0.901. The van der Waals surface area contributed by atoms with Gasteiger partial charge in [0, 0.05) is 0 Å². The van der Waals surface area contributed by atoms with Crippen LogP contribution in [0.15, 0.2) is 42.5 Å². The first-order valence-corrected chi connectivity index (χ1v) is 5.74. The fraction of sp³-hybridized carbons (Fsp3) is 0. The van der Waals surface area contributed by atoms with Crippen LogP contribution in [0.1, 0.15) is 20.7 Å². The summed E-state index contributed by atoms with van der Waals surface area (Å²) in [6, 6.07) is 10.7. The van der Waals surface area contributed by atoms with Gasteiger partial charge in [0.25, 0.3) is 0 Å². The monoisotopic (exact) mass is 276 g/mol. The van der Waals surface area contributed by atoms with Crippen LogP contribution >= 0.6 is 11.6 Å². The number of benzene rings is 2. The Labute approximate surface area is 113 Å². The zero-order chi connectivity index (χ0) is 14.0. The van der Waals surface area contributed by atoms with Crippen molar-refractivity contribution in [1.29, 1.82) is 0 Å². The molecule has 0 radical (unpaired) electrons. The van der Waals surface area contributed by atoms with Crippen LogP contribution in [0.4, 0.5) is 0 Å². The molecule has 2 aromatic rings.